The molecule has 0 aliphatic rings. The van der Waals surface area contributed by atoms with Gasteiger partial charge in [-0.15, -0.1) is 0 Å². The first-order valence-electron chi connectivity index (χ1n) is 9.03. The highest BCUT2D eigenvalue weighted by molar-refractivity contribution is 5.70. The van der Waals surface area contributed by atoms with Crippen LogP contribution in [0.15, 0.2) is 84.9 Å². The summed E-state index contributed by atoms with van der Waals surface area (Å²) in [5.74, 6) is 1.50. The van der Waals surface area contributed by atoms with Crippen LogP contribution in [-0.2, 0) is 0 Å². The van der Waals surface area contributed by atoms with Crippen molar-refractivity contribution in [2.75, 3.05) is 5.32 Å². The highest BCUT2D eigenvalue weighted by atomic mass is 15.0. The molecule has 3 nitrogen and oxygen atoms in total. The van der Waals surface area contributed by atoms with Gasteiger partial charge in [0.25, 0.3) is 0 Å². The van der Waals surface area contributed by atoms with E-state index in [-0.39, 0.29) is 0 Å². The average molecular weight is 351 g/mol. The number of rotatable bonds is 4. The zero-order valence-corrected chi connectivity index (χ0v) is 15.5. The normalized spacial score (nSPS) is 10.6. The molecule has 1 aromatic heterocycles. The second kappa shape index (κ2) is 7.42. The zero-order valence-electron chi connectivity index (χ0n) is 15.5. The Labute approximate surface area is 159 Å². The van der Waals surface area contributed by atoms with E-state index < -0.39 is 0 Å². The van der Waals surface area contributed by atoms with Gasteiger partial charge < -0.3 is 5.32 Å². The zero-order chi connectivity index (χ0) is 18.6. The Kier molecular flexibility index (Phi) is 4.67. The van der Waals surface area contributed by atoms with Gasteiger partial charge >= 0.3 is 0 Å². The molecule has 27 heavy (non-hydrogen) atoms. The molecule has 0 bridgehead atoms. The van der Waals surface area contributed by atoms with E-state index in [9.17, 15) is 0 Å². The number of hydrogen-bond donors (Lipinski definition) is 1. The van der Waals surface area contributed by atoms with Crippen molar-refractivity contribution in [3.05, 3.63) is 96.1 Å². The number of anilines is 2. The van der Waals surface area contributed by atoms with Crippen molar-refractivity contribution in [3.63, 3.8) is 0 Å². The second-order valence-electron chi connectivity index (χ2n) is 6.64. The third-order valence-corrected chi connectivity index (χ3v) is 4.47. The Morgan fingerprint density at radius 2 is 1.33 bits per heavy atom. The smallest absolute Gasteiger partial charge is 0.162 e. The quantitative estimate of drug-likeness (QED) is 0.478. The number of aryl methyl sites for hydroxylation is 2. The topological polar surface area (TPSA) is 37.8 Å². The molecule has 4 aromatic rings. The molecule has 3 aromatic carbocycles. The van der Waals surface area contributed by atoms with E-state index in [2.05, 4.69) is 49.5 Å². The molecule has 0 saturated carbocycles. The fourth-order valence-electron chi connectivity index (χ4n) is 3.08. The van der Waals surface area contributed by atoms with E-state index in [0.29, 0.717) is 5.82 Å². The minimum Gasteiger partial charge on any atom is -0.340 e. The lowest BCUT2D eigenvalue weighted by Gasteiger charge is -2.13. The van der Waals surface area contributed by atoms with E-state index in [1.807, 2.05) is 54.6 Å². The van der Waals surface area contributed by atoms with Gasteiger partial charge in [-0.3, -0.25) is 0 Å². The molecule has 132 valence electrons. The molecule has 0 unspecified atom stereocenters. The van der Waals surface area contributed by atoms with Crippen LogP contribution in [0.1, 0.15) is 11.1 Å². The molecule has 0 saturated heterocycles. The van der Waals surface area contributed by atoms with Gasteiger partial charge in [-0.2, -0.15) is 0 Å². The molecule has 0 spiro atoms. The molecule has 0 amide bonds. The van der Waals surface area contributed by atoms with Gasteiger partial charge in [-0.1, -0.05) is 78.4 Å². The molecule has 0 atom stereocenters. The number of hydrogen-bond acceptors (Lipinski definition) is 3. The van der Waals surface area contributed by atoms with Crippen LogP contribution in [0.5, 0.6) is 0 Å². The van der Waals surface area contributed by atoms with Crippen molar-refractivity contribution in [1.29, 1.82) is 0 Å². The van der Waals surface area contributed by atoms with E-state index in [0.717, 1.165) is 28.3 Å². The molecule has 0 aliphatic heterocycles. The average Bonchev–Trinajstić information content (AvgIpc) is 2.71. The highest BCUT2D eigenvalue weighted by Crippen LogP contribution is 2.27. The predicted octanol–water partition coefficient (Wildman–Crippen LogP) is 6.17. The van der Waals surface area contributed by atoms with Crippen LogP contribution < -0.4 is 5.32 Å². The Bertz CT molecular complexity index is 1000. The summed E-state index contributed by atoms with van der Waals surface area (Å²) in [4.78, 5) is 9.57. The molecule has 0 aliphatic carbocycles. The first kappa shape index (κ1) is 17.0. The molecule has 4 rings (SSSR count). The Balaban J connectivity index is 1.80. The van der Waals surface area contributed by atoms with Crippen molar-refractivity contribution >= 4 is 11.5 Å². The van der Waals surface area contributed by atoms with E-state index in [1.54, 1.807) is 0 Å². The van der Waals surface area contributed by atoms with Crippen LogP contribution in [0.2, 0.25) is 0 Å². The van der Waals surface area contributed by atoms with Gasteiger partial charge in [0, 0.05) is 22.9 Å². The lowest BCUT2D eigenvalue weighted by atomic mass is 10.1. The summed E-state index contributed by atoms with van der Waals surface area (Å²) < 4.78 is 0. The maximum absolute atomic E-state index is 4.80. The maximum Gasteiger partial charge on any atom is 0.162 e. The van der Waals surface area contributed by atoms with Crippen LogP contribution in [0.3, 0.4) is 0 Å². The summed E-state index contributed by atoms with van der Waals surface area (Å²) in [7, 11) is 0. The lowest BCUT2D eigenvalue weighted by Crippen LogP contribution is -2.00. The van der Waals surface area contributed by atoms with Crippen molar-refractivity contribution in [2.24, 2.45) is 0 Å². The monoisotopic (exact) mass is 351 g/mol. The van der Waals surface area contributed by atoms with E-state index in [4.69, 9.17) is 9.97 Å². The van der Waals surface area contributed by atoms with Crippen LogP contribution in [-0.4, -0.2) is 9.97 Å². The van der Waals surface area contributed by atoms with Crippen molar-refractivity contribution in [1.82, 2.24) is 9.97 Å². The Morgan fingerprint density at radius 3 is 2.00 bits per heavy atom. The third kappa shape index (κ3) is 3.87. The number of aromatic nitrogens is 2. The first-order valence-corrected chi connectivity index (χ1v) is 9.03. The summed E-state index contributed by atoms with van der Waals surface area (Å²) in [6.45, 7) is 4.20. The standard InChI is InChI=1S/C24H21N3/c1-17-13-14-21(18(2)15-17)25-23-16-22(19-9-5-3-6-10-19)26-24(27-23)20-11-7-4-8-12-20/h3-16H,1-2H3,(H,25,26,27). The van der Waals surface area contributed by atoms with Crippen molar-refractivity contribution in [2.45, 2.75) is 13.8 Å². The van der Waals surface area contributed by atoms with Crippen LogP contribution in [0.4, 0.5) is 11.5 Å². The van der Waals surface area contributed by atoms with Crippen LogP contribution >= 0.6 is 0 Å². The van der Waals surface area contributed by atoms with E-state index in [1.165, 1.54) is 11.1 Å². The molecule has 1 heterocycles. The summed E-state index contributed by atoms with van der Waals surface area (Å²) in [6, 6.07) is 28.6. The van der Waals surface area contributed by atoms with Gasteiger partial charge in [-0.05, 0) is 25.5 Å². The van der Waals surface area contributed by atoms with E-state index >= 15 is 0 Å². The lowest BCUT2D eigenvalue weighted by molar-refractivity contribution is 1.18. The SMILES string of the molecule is Cc1ccc(Nc2cc(-c3ccccc3)nc(-c3ccccc3)n2)c(C)c1. The van der Waals surface area contributed by atoms with Crippen LogP contribution in [0, 0.1) is 13.8 Å². The molecule has 0 fully saturated rings. The summed E-state index contributed by atoms with van der Waals surface area (Å²) in [5.41, 5.74) is 6.46. The number of nitrogens with one attached hydrogen (secondary N) is 1. The Hall–Kier alpha value is -3.46. The summed E-state index contributed by atoms with van der Waals surface area (Å²) in [6.07, 6.45) is 0. The summed E-state index contributed by atoms with van der Waals surface area (Å²) >= 11 is 0. The van der Waals surface area contributed by atoms with Crippen molar-refractivity contribution < 1.29 is 0 Å². The molecule has 3 heteroatoms. The second-order valence-corrected chi connectivity index (χ2v) is 6.64. The predicted molar refractivity (Wildman–Crippen MR) is 112 cm³/mol. The molecular weight excluding hydrogens is 330 g/mol. The third-order valence-electron chi connectivity index (χ3n) is 4.47. The minimum atomic E-state index is 0.712. The minimum absolute atomic E-state index is 0.712. The van der Waals surface area contributed by atoms with Gasteiger partial charge in [0.15, 0.2) is 5.82 Å². The molecule has 1 N–H and O–H groups in total. The molecule has 0 radical (unpaired) electrons. The maximum atomic E-state index is 4.80. The fourth-order valence-corrected chi connectivity index (χ4v) is 3.08. The number of nitrogens with zero attached hydrogens (tertiary/aromatic N) is 2. The summed E-state index contributed by atoms with van der Waals surface area (Å²) in [5, 5.41) is 3.47. The van der Waals surface area contributed by atoms with Gasteiger partial charge in [0.2, 0.25) is 0 Å². The first-order chi connectivity index (χ1) is 13.2. The van der Waals surface area contributed by atoms with Gasteiger partial charge in [0.1, 0.15) is 5.82 Å². The largest absolute Gasteiger partial charge is 0.340 e. The van der Waals surface area contributed by atoms with Gasteiger partial charge in [-0.25, -0.2) is 9.97 Å². The fraction of sp³-hybridized carbons (Fsp3) is 0.0833. The highest BCUT2D eigenvalue weighted by Gasteiger charge is 2.09. The number of benzene rings is 3. The van der Waals surface area contributed by atoms with Gasteiger partial charge in [0.05, 0.1) is 5.69 Å². The Morgan fingerprint density at radius 1 is 0.667 bits per heavy atom. The van der Waals surface area contributed by atoms with Crippen LogP contribution in [0.25, 0.3) is 22.6 Å². The van der Waals surface area contributed by atoms with Crippen molar-refractivity contribution in [3.8, 4) is 22.6 Å². The molecular formula is C24H21N3.